The third-order valence-corrected chi connectivity index (χ3v) is 6.08. The molecule has 0 bridgehead atoms. The quantitative estimate of drug-likeness (QED) is 0.260. The van der Waals surface area contributed by atoms with E-state index >= 15 is 0 Å². The third kappa shape index (κ3) is 5.92. The standard InChI is InChI=1S/C26H29N7O6/c1-31-14-19(32(2)26(31)37)23(35)30-24-29-18-12-17(22(27)34)13-20(38-3)21(18)33(24)11-7-10-28-25(36)39-15-16-8-5-4-6-9-16/h4-6,8-9,12-14H,7,10-11,15H2,1-3H3,(H2,27,34)(H,28,36)(H,29,30,35). The molecule has 4 aromatic rings. The number of amides is 3. The van der Waals surface area contributed by atoms with Crippen LogP contribution >= 0.6 is 0 Å². The molecule has 13 heteroatoms. The molecule has 0 atom stereocenters. The average molecular weight is 536 g/mol. The van der Waals surface area contributed by atoms with E-state index < -0.39 is 17.9 Å². The van der Waals surface area contributed by atoms with E-state index in [2.05, 4.69) is 15.6 Å². The van der Waals surface area contributed by atoms with Gasteiger partial charge in [-0.15, -0.1) is 0 Å². The maximum absolute atomic E-state index is 13.1. The minimum Gasteiger partial charge on any atom is -0.494 e. The van der Waals surface area contributed by atoms with E-state index in [1.807, 2.05) is 30.3 Å². The van der Waals surface area contributed by atoms with Gasteiger partial charge in [-0.3, -0.25) is 19.5 Å². The molecular weight excluding hydrogens is 506 g/mol. The van der Waals surface area contributed by atoms with E-state index in [1.54, 1.807) is 11.6 Å². The van der Waals surface area contributed by atoms with Gasteiger partial charge in [0.1, 0.15) is 23.6 Å². The number of imidazole rings is 2. The fourth-order valence-electron chi connectivity index (χ4n) is 4.08. The second kappa shape index (κ2) is 11.5. The van der Waals surface area contributed by atoms with Crippen molar-refractivity contribution in [2.24, 2.45) is 19.8 Å². The molecule has 0 fully saturated rings. The van der Waals surface area contributed by atoms with Crippen molar-refractivity contribution in [1.82, 2.24) is 24.0 Å². The molecule has 13 nitrogen and oxygen atoms in total. The highest BCUT2D eigenvalue weighted by atomic mass is 16.5. The van der Waals surface area contributed by atoms with Crippen LogP contribution in [0.15, 0.2) is 53.5 Å². The van der Waals surface area contributed by atoms with Crippen LogP contribution in [0, 0.1) is 0 Å². The van der Waals surface area contributed by atoms with E-state index in [4.69, 9.17) is 15.2 Å². The zero-order chi connectivity index (χ0) is 28.1. The lowest BCUT2D eigenvalue weighted by Gasteiger charge is -2.13. The molecule has 0 aliphatic rings. The van der Waals surface area contributed by atoms with E-state index in [0.717, 1.165) is 5.56 Å². The molecule has 2 aromatic heterocycles. The molecule has 204 valence electrons. The van der Waals surface area contributed by atoms with Gasteiger partial charge in [0.25, 0.3) is 5.91 Å². The van der Waals surface area contributed by atoms with Gasteiger partial charge in [-0.25, -0.2) is 14.6 Å². The number of aryl methyl sites for hydroxylation is 2. The Kier molecular flexibility index (Phi) is 7.98. The topological polar surface area (TPSA) is 164 Å². The number of methoxy groups -OCH3 is 1. The fourth-order valence-corrected chi connectivity index (χ4v) is 4.08. The molecule has 0 saturated heterocycles. The highest BCUT2D eigenvalue weighted by Gasteiger charge is 2.21. The van der Waals surface area contributed by atoms with Gasteiger partial charge in [0, 0.05) is 38.9 Å². The van der Waals surface area contributed by atoms with Crippen LogP contribution in [0.5, 0.6) is 5.75 Å². The van der Waals surface area contributed by atoms with Gasteiger partial charge < -0.3 is 29.7 Å². The van der Waals surface area contributed by atoms with Gasteiger partial charge in [-0.05, 0) is 24.1 Å². The molecule has 0 unspecified atom stereocenters. The van der Waals surface area contributed by atoms with Crippen molar-refractivity contribution >= 4 is 34.9 Å². The van der Waals surface area contributed by atoms with Crippen LogP contribution in [0.2, 0.25) is 0 Å². The van der Waals surface area contributed by atoms with Crippen molar-refractivity contribution < 1.29 is 23.9 Å². The van der Waals surface area contributed by atoms with Crippen molar-refractivity contribution in [2.45, 2.75) is 19.6 Å². The number of aromatic nitrogens is 4. The number of ether oxygens (including phenoxy) is 2. The summed E-state index contributed by atoms with van der Waals surface area (Å²) in [6, 6.07) is 12.3. The Bertz CT molecular complexity index is 1590. The summed E-state index contributed by atoms with van der Waals surface area (Å²) in [5, 5.41) is 5.45. The Morgan fingerprint density at radius 1 is 1.10 bits per heavy atom. The first-order valence-corrected chi connectivity index (χ1v) is 12.1. The van der Waals surface area contributed by atoms with Crippen LogP contribution in [0.4, 0.5) is 10.7 Å². The minimum atomic E-state index is -0.659. The molecule has 2 heterocycles. The summed E-state index contributed by atoms with van der Waals surface area (Å²) in [6.07, 6.45) is 1.30. The summed E-state index contributed by atoms with van der Waals surface area (Å²) in [5.74, 6) is -0.717. The summed E-state index contributed by atoms with van der Waals surface area (Å²) in [4.78, 5) is 53.6. The predicted molar refractivity (Wildman–Crippen MR) is 143 cm³/mol. The molecule has 0 aliphatic carbocycles. The van der Waals surface area contributed by atoms with Crippen LogP contribution in [-0.4, -0.2) is 50.2 Å². The van der Waals surface area contributed by atoms with Gasteiger partial charge >= 0.3 is 11.8 Å². The number of nitrogens with zero attached hydrogens (tertiary/aromatic N) is 4. The lowest BCUT2D eigenvalue weighted by Crippen LogP contribution is -2.26. The van der Waals surface area contributed by atoms with Crippen molar-refractivity contribution in [3.05, 3.63) is 76.0 Å². The Morgan fingerprint density at radius 2 is 1.85 bits per heavy atom. The second-order valence-corrected chi connectivity index (χ2v) is 8.76. The number of hydrogen-bond donors (Lipinski definition) is 3. The number of benzene rings is 2. The first-order valence-electron chi connectivity index (χ1n) is 12.1. The van der Waals surface area contributed by atoms with E-state index in [9.17, 15) is 19.2 Å². The number of fused-ring (bicyclic) bond motifs is 1. The maximum Gasteiger partial charge on any atom is 0.407 e. The molecule has 4 rings (SSSR count). The normalized spacial score (nSPS) is 10.8. The number of nitrogens with two attached hydrogens (primary N) is 1. The number of hydrogen-bond acceptors (Lipinski definition) is 7. The van der Waals surface area contributed by atoms with Crippen molar-refractivity contribution in [2.75, 3.05) is 19.0 Å². The summed E-state index contributed by atoms with van der Waals surface area (Å²) >= 11 is 0. The molecule has 2 aromatic carbocycles. The molecule has 0 aliphatic heterocycles. The number of anilines is 1. The van der Waals surface area contributed by atoms with Crippen LogP contribution in [0.3, 0.4) is 0 Å². The number of alkyl carbamates (subject to hydrolysis) is 1. The summed E-state index contributed by atoms with van der Waals surface area (Å²) in [6.45, 7) is 0.733. The first kappa shape index (κ1) is 27.0. The number of carbonyl (C=O) groups excluding carboxylic acids is 3. The summed E-state index contributed by atoms with van der Waals surface area (Å²) in [5.41, 5.74) is 7.20. The molecule has 39 heavy (non-hydrogen) atoms. The fraction of sp³-hybridized carbons (Fsp3) is 0.269. The highest BCUT2D eigenvalue weighted by molar-refractivity contribution is 6.04. The summed E-state index contributed by atoms with van der Waals surface area (Å²) in [7, 11) is 4.48. The van der Waals surface area contributed by atoms with Crippen LogP contribution in [0.25, 0.3) is 11.0 Å². The smallest absolute Gasteiger partial charge is 0.407 e. The number of primary amides is 1. The van der Waals surface area contributed by atoms with Crippen LogP contribution in [0.1, 0.15) is 32.8 Å². The Balaban J connectivity index is 1.54. The lowest BCUT2D eigenvalue weighted by molar-refractivity contribution is 0.0996. The molecule has 3 amide bonds. The second-order valence-electron chi connectivity index (χ2n) is 8.76. The molecule has 0 saturated carbocycles. The predicted octanol–water partition coefficient (Wildman–Crippen LogP) is 1.75. The van der Waals surface area contributed by atoms with Crippen molar-refractivity contribution in [3.8, 4) is 5.75 Å². The van der Waals surface area contributed by atoms with Crippen LogP contribution < -0.4 is 26.8 Å². The summed E-state index contributed by atoms with van der Waals surface area (Å²) < 4.78 is 15.0. The van der Waals surface area contributed by atoms with Gasteiger partial charge in [-0.1, -0.05) is 30.3 Å². The monoisotopic (exact) mass is 535 g/mol. The van der Waals surface area contributed by atoms with Gasteiger partial charge in [0.2, 0.25) is 11.9 Å². The van der Waals surface area contributed by atoms with Crippen LogP contribution in [-0.2, 0) is 32.0 Å². The largest absolute Gasteiger partial charge is 0.494 e. The number of rotatable bonds is 10. The van der Waals surface area contributed by atoms with E-state index in [-0.39, 0.29) is 36.0 Å². The van der Waals surface area contributed by atoms with Crippen molar-refractivity contribution in [1.29, 1.82) is 0 Å². The van der Waals surface area contributed by atoms with Gasteiger partial charge in [0.15, 0.2) is 0 Å². The zero-order valence-electron chi connectivity index (χ0n) is 21.8. The molecule has 0 radical (unpaired) electrons. The maximum atomic E-state index is 13.1. The Labute approximate surface area is 223 Å². The Morgan fingerprint density at radius 3 is 2.49 bits per heavy atom. The number of nitrogens with one attached hydrogen (secondary N) is 2. The van der Waals surface area contributed by atoms with E-state index in [0.29, 0.717) is 29.7 Å². The first-order chi connectivity index (χ1) is 18.7. The lowest BCUT2D eigenvalue weighted by atomic mass is 10.1. The molecule has 0 spiro atoms. The van der Waals surface area contributed by atoms with Gasteiger partial charge in [0.05, 0.1) is 12.6 Å². The SMILES string of the molecule is COc1cc(C(N)=O)cc2nc(NC(=O)c3cn(C)c(=O)n3C)n(CCCNC(=O)OCc3ccccc3)c12. The third-order valence-electron chi connectivity index (χ3n) is 6.08. The van der Waals surface area contributed by atoms with Gasteiger partial charge in [-0.2, -0.15) is 0 Å². The molecule has 4 N–H and O–H groups in total. The molecular formula is C26H29N7O6. The number of carbonyl (C=O) groups is 3. The Hall–Kier alpha value is -5.07. The van der Waals surface area contributed by atoms with Crippen molar-refractivity contribution in [3.63, 3.8) is 0 Å². The average Bonchev–Trinajstić information content (AvgIpc) is 3.40. The zero-order valence-corrected chi connectivity index (χ0v) is 21.8. The van der Waals surface area contributed by atoms with E-state index in [1.165, 1.54) is 41.6 Å². The minimum absolute atomic E-state index is 0.133. The highest BCUT2D eigenvalue weighted by Crippen LogP contribution is 2.31.